The standard InChI is InChI=1S/C16H14FN3O2/c1-3-21-16-13(9-4-10(2)18-16)14-19-15(22-20-14)11-5-7-12(17)8-6-11/h4-9H,3H2,1-2H3. The highest BCUT2D eigenvalue weighted by Crippen LogP contribution is 2.28. The quantitative estimate of drug-likeness (QED) is 0.736. The molecule has 0 fully saturated rings. The van der Waals surface area contributed by atoms with Crippen LogP contribution in [0.25, 0.3) is 22.8 Å². The fourth-order valence-corrected chi connectivity index (χ4v) is 1.99. The second kappa shape index (κ2) is 5.93. The molecule has 22 heavy (non-hydrogen) atoms. The summed E-state index contributed by atoms with van der Waals surface area (Å²) in [6.07, 6.45) is 0. The van der Waals surface area contributed by atoms with Crippen LogP contribution in [0, 0.1) is 12.7 Å². The molecular weight excluding hydrogens is 285 g/mol. The molecule has 2 aromatic heterocycles. The number of aryl methyl sites for hydroxylation is 1. The molecule has 0 aliphatic carbocycles. The Morgan fingerprint density at radius 1 is 1.09 bits per heavy atom. The van der Waals surface area contributed by atoms with Crippen molar-refractivity contribution in [3.05, 3.63) is 47.9 Å². The zero-order valence-corrected chi connectivity index (χ0v) is 12.2. The second-order valence-electron chi connectivity index (χ2n) is 4.67. The number of benzene rings is 1. The van der Waals surface area contributed by atoms with Crippen molar-refractivity contribution in [3.63, 3.8) is 0 Å². The van der Waals surface area contributed by atoms with Crippen LogP contribution in [0.4, 0.5) is 4.39 Å². The highest BCUT2D eigenvalue weighted by atomic mass is 19.1. The average Bonchev–Trinajstić information content (AvgIpc) is 2.98. The van der Waals surface area contributed by atoms with Gasteiger partial charge < -0.3 is 9.26 Å². The van der Waals surface area contributed by atoms with Crippen molar-refractivity contribution in [3.8, 4) is 28.7 Å². The minimum Gasteiger partial charge on any atom is -0.477 e. The third-order valence-electron chi connectivity index (χ3n) is 3.04. The molecule has 0 saturated heterocycles. The molecule has 6 heteroatoms. The smallest absolute Gasteiger partial charge is 0.258 e. The Kier molecular flexibility index (Phi) is 3.82. The minimum atomic E-state index is -0.315. The van der Waals surface area contributed by atoms with Gasteiger partial charge in [-0.3, -0.25) is 0 Å². The zero-order valence-electron chi connectivity index (χ0n) is 12.2. The number of ether oxygens (including phenoxy) is 1. The van der Waals surface area contributed by atoms with E-state index in [1.165, 1.54) is 12.1 Å². The summed E-state index contributed by atoms with van der Waals surface area (Å²) in [5.41, 5.74) is 2.15. The molecule has 0 aliphatic rings. The molecule has 0 bridgehead atoms. The maximum absolute atomic E-state index is 13.0. The first kappa shape index (κ1) is 14.2. The van der Waals surface area contributed by atoms with Crippen molar-refractivity contribution < 1.29 is 13.7 Å². The predicted octanol–water partition coefficient (Wildman–Crippen LogP) is 3.64. The highest BCUT2D eigenvalue weighted by Gasteiger charge is 2.16. The van der Waals surface area contributed by atoms with E-state index in [0.717, 1.165) is 5.69 Å². The van der Waals surface area contributed by atoms with Gasteiger partial charge in [0, 0.05) is 11.3 Å². The van der Waals surface area contributed by atoms with Crippen LogP contribution in [0.1, 0.15) is 12.6 Å². The molecule has 0 spiro atoms. The third-order valence-corrected chi connectivity index (χ3v) is 3.04. The Morgan fingerprint density at radius 2 is 1.86 bits per heavy atom. The fourth-order valence-electron chi connectivity index (χ4n) is 1.99. The molecule has 0 amide bonds. The second-order valence-corrected chi connectivity index (χ2v) is 4.67. The Balaban J connectivity index is 1.98. The molecule has 3 rings (SSSR count). The van der Waals surface area contributed by atoms with E-state index >= 15 is 0 Å². The van der Waals surface area contributed by atoms with Gasteiger partial charge in [0.2, 0.25) is 11.7 Å². The van der Waals surface area contributed by atoms with E-state index in [2.05, 4.69) is 15.1 Å². The molecule has 3 aromatic rings. The van der Waals surface area contributed by atoms with Gasteiger partial charge in [-0.15, -0.1) is 0 Å². The molecule has 2 heterocycles. The summed E-state index contributed by atoms with van der Waals surface area (Å²) in [5, 5.41) is 3.96. The summed E-state index contributed by atoms with van der Waals surface area (Å²) in [6, 6.07) is 9.56. The largest absolute Gasteiger partial charge is 0.477 e. The predicted molar refractivity (Wildman–Crippen MR) is 78.8 cm³/mol. The summed E-state index contributed by atoms with van der Waals surface area (Å²) < 4.78 is 23.7. The van der Waals surface area contributed by atoms with E-state index < -0.39 is 0 Å². The van der Waals surface area contributed by atoms with Gasteiger partial charge in [-0.1, -0.05) is 5.16 Å². The molecule has 112 valence electrons. The van der Waals surface area contributed by atoms with Crippen molar-refractivity contribution >= 4 is 0 Å². The van der Waals surface area contributed by atoms with E-state index in [-0.39, 0.29) is 5.82 Å². The van der Waals surface area contributed by atoms with Crippen molar-refractivity contribution in [2.24, 2.45) is 0 Å². The van der Waals surface area contributed by atoms with Gasteiger partial charge in [0.1, 0.15) is 5.82 Å². The molecule has 0 N–H and O–H groups in total. The van der Waals surface area contributed by atoms with Crippen LogP contribution in [0.15, 0.2) is 40.9 Å². The Morgan fingerprint density at radius 3 is 2.59 bits per heavy atom. The summed E-state index contributed by atoms with van der Waals surface area (Å²) in [5.74, 6) is 0.854. The van der Waals surface area contributed by atoms with E-state index in [9.17, 15) is 4.39 Å². The van der Waals surface area contributed by atoms with Crippen molar-refractivity contribution in [1.82, 2.24) is 15.1 Å². The Hall–Kier alpha value is -2.76. The molecule has 0 saturated carbocycles. The summed E-state index contributed by atoms with van der Waals surface area (Å²) in [6.45, 7) is 4.26. The van der Waals surface area contributed by atoms with E-state index in [1.807, 2.05) is 26.0 Å². The Bertz CT molecular complexity index is 784. The summed E-state index contributed by atoms with van der Waals surface area (Å²) >= 11 is 0. The minimum absolute atomic E-state index is 0.315. The number of aromatic nitrogens is 3. The molecular formula is C16H14FN3O2. The fraction of sp³-hybridized carbons (Fsp3) is 0.188. The lowest BCUT2D eigenvalue weighted by Gasteiger charge is -2.06. The first-order valence-electron chi connectivity index (χ1n) is 6.88. The van der Waals surface area contributed by atoms with Crippen LogP contribution in [0.2, 0.25) is 0 Å². The number of rotatable bonds is 4. The lowest BCUT2D eigenvalue weighted by atomic mass is 10.2. The molecule has 0 aliphatic heterocycles. The highest BCUT2D eigenvalue weighted by molar-refractivity contribution is 5.64. The molecule has 0 atom stereocenters. The maximum Gasteiger partial charge on any atom is 0.258 e. The normalized spacial score (nSPS) is 10.7. The zero-order chi connectivity index (χ0) is 15.5. The first-order chi connectivity index (χ1) is 10.7. The Labute approximate surface area is 126 Å². The lowest BCUT2D eigenvalue weighted by molar-refractivity contribution is 0.327. The molecule has 0 unspecified atom stereocenters. The van der Waals surface area contributed by atoms with E-state index in [0.29, 0.717) is 35.3 Å². The maximum atomic E-state index is 13.0. The van der Waals surface area contributed by atoms with Crippen LogP contribution in [-0.4, -0.2) is 21.7 Å². The van der Waals surface area contributed by atoms with Gasteiger partial charge in [0.15, 0.2) is 0 Å². The summed E-state index contributed by atoms with van der Waals surface area (Å²) in [7, 11) is 0. The van der Waals surface area contributed by atoms with Gasteiger partial charge in [-0.25, -0.2) is 9.37 Å². The van der Waals surface area contributed by atoms with Gasteiger partial charge in [0.25, 0.3) is 5.89 Å². The van der Waals surface area contributed by atoms with Crippen LogP contribution in [0.5, 0.6) is 5.88 Å². The number of hydrogen-bond donors (Lipinski definition) is 0. The van der Waals surface area contributed by atoms with Crippen LogP contribution < -0.4 is 4.74 Å². The SMILES string of the molecule is CCOc1nc(C)ccc1-c1noc(-c2ccc(F)cc2)n1. The van der Waals surface area contributed by atoms with Gasteiger partial charge >= 0.3 is 0 Å². The van der Waals surface area contributed by atoms with Crippen molar-refractivity contribution in [2.75, 3.05) is 6.61 Å². The van der Waals surface area contributed by atoms with Crippen LogP contribution in [-0.2, 0) is 0 Å². The number of halogens is 1. The van der Waals surface area contributed by atoms with E-state index in [4.69, 9.17) is 9.26 Å². The van der Waals surface area contributed by atoms with Gasteiger partial charge in [-0.05, 0) is 50.2 Å². The van der Waals surface area contributed by atoms with Gasteiger partial charge in [0.05, 0.1) is 12.2 Å². The third kappa shape index (κ3) is 2.81. The van der Waals surface area contributed by atoms with Crippen LogP contribution in [0.3, 0.4) is 0 Å². The lowest BCUT2D eigenvalue weighted by Crippen LogP contribution is -1.98. The first-order valence-corrected chi connectivity index (χ1v) is 6.88. The topological polar surface area (TPSA) is 61.0 Å². The van der Waals surface area contributed by atoms with E-state index in [1.54, 1.807) is 12.1 Å². The van der Waals surface area contributed by atoms with Crippen molar-refractivity contribution in [1.29, 1.82) is 0 Å². The van der Waals surface area contributed by atoms with Gasteiger partial charge in [-0.2, -0.15) is 4.98 Å². The molecule has 5 nitrogen and oxygen atoms in total. The molecule has 0 radical (unpaired) electrons. The number of pyridine rings is 1. The monoisotopic (exact) mass is 299 g/mol. The number of nitrogens with zero attached hydrogens (tertiary/aromatic N) is 3. The number of hydrogen-bond acceptors (Lipinski definition) is 5. The molecule has 1 aromatic carbocycles. The van der Waals surface area contributed by atoms with Crippen molar-refractivity contribution in [2.45, 2.75) is 13.8 Å². The average molecular weight is 299 g/mol. The summed E-state index contributed by atoms with van der Waals surface area (Å²) in [4.78, 5) is 8.67. The van der Waals surface area contributed by atoms with Crippen LogP contribution >= 0.6 is 0 Å².